The van der Waals surface area contributed by atoms with Gasteiger partial charge in [-0.25, -0.2) is 0 Å². The molecule has 0 saturated carbocycles. The fourth-order valence-electron chi connectivity index (χ4n) is 1.72. The second-order valence-corrected chi connectivity index (χ2v) is 4.31. The number of hydrogen-bond acceptors (Lipinski definition) is 2. The van der Waals surface area contributed by atoms with Crippen molar-refractivity contribution in [1.82, 2.24) is 0 Å². The average Bonchev–Trinajstić information content (AvgIpc) is 2.45. The minimum atomic E-state index is 0.882. The van der Waals surface area contributed by atoms with Crippen LogP contribution in [0.4, 0.5) is 11.4 Å². The van der Waals surface area contributed by atoms with Crippen LogP contribution in [-0.2, 0) is 6.42 Å². The van der Waals surface area contributed by atoms with Crippen molar-refractivity contribution in [2.24, 2.45) is 10.2 Å². The topological polar surface area (TPSA) is 24.7 Å². The molecule has 0 heterocycles. The Balaban J connectivity index is 2.00. The molecule has 0 spiro atoms. The summed E-state index contributed by atoms with van der Waals surface area (Å²) < 4.78 is 0. The number of benzene rings is 2. The van der Waals surface area contributed by atoms with Crippen molar-refractivity contribution in [2.75, 3.05) is 0 Å². The first-order valence-electron chi connectivity index (χ1n) is 6.44. The Morgan fingerprint density at radius 2 is 1.39 bits per heavy atom. The Morgan fingerprint density at radius 1 is 0.778 bits per heavy atom. The minimum Gasteiger partial charge on any atom is -0.151 e. The SMILES string of the molecule is CCCCc1ccc(/N=N/c2ccccc2)cc1. The fourth-order valence-corrected chi connectivity index (χ4v) is 1.72. The molecule has 2 aromatic rings. The molecule has 0 atom stereocenters. The smallest absolute Gasteiger partial charge is 0.0857 e. The maximum absolute atomic E-state index is 4.22. The Bertz CT molecular complexity index is 486. The van der Waals surface area contributed by atoms with E-state index in [0.717, 1.165) is 17.8 Å². The van der Waals surface area contributed by atoms with Crippen molar-refractivity contribution in [3.63, 3.8) is 0 Å². The highest BCUT2D eigenvalue weighted by Crippen LogP contribution is 2.18. The van der Waals surface area contributed by atoms with Crippen molar-refractivity contribution in [3.05, 3.63) is 60.2 Å². The highest BCUT2D eigenvalue weighted by Gasteiger charge is 1.93. The third kappa shape index (κ3) is 3.81. The standard InChI is InChI=1S/C16H18N2/c1-2-3-7-14-10-12-16(13-11-14)18-17-15-8-5-4-6-9-15/h4-6,8-13H,2-3,7H2,1H3/b18-17+. The van der Waals surface area contributed by atoms with Gasteiger partial charge in [0, 0.05) is 0 Å². The van der Waals surface area contributed by atoms with E-state index in [1.54, 1.807) is 0 Å². The molecule has 18 heavy (non-hydrogen) atoms. The Morgan fingerprint density at radius 3 is 2.00 bits per heavy atom. The number of aryl methyl sites for hydroxylation is 1. The summed E-state index contributed by atoms with van der Waals surface area (Å²) in [5.41, 5.74) is 3.15. The maximum Gasteiger partial charge on any atom is 0.0857 e. The quantitative estimate of drug-likeness (QED) is 0.619. The molecule has 2 rings (SSSR count). The van der Waals surface area contributed by atoms with Crippen molar-refractivity contribution in [2.45, 2.75) is 26.2 Å². The van der Waals surface area contributed by atoms with E-state index in [1.165, 1.54) is 18.4 Å². The molecule has 92 valence electrons. The van der Waals surface area contributed by atoms with Crippen LogP contribution in [0.2, 0.25) is 0 Å². The lowest BCUT2D eigenvalue weighted by Crippen LogP contribution is -1.82. The number of azo groups is 1. The molecule has 0 aliphatic heterocycles. The molecular formula is C16H18N2. The van der Waals surface area contributed by atoms with E-state index in [-0.39, 0.29) is 0 Å². The molecule has 0 fully saturated rings. The van der Waals surface area contributed by atoms with Crippen LogP contribution in [0.3, 0.4) is 0 Å². The third-order valence-corrected chi connectivity index (χ3v) is 2.79. The molecule has 0 aromatic heterocycles. The molecule has 0 unspecified atom stereocenters. The van der Waals surface area contributed by atoms with Crippen LogP contribution in [-0.4, -0.2) is 0 Å². The van der Waals surface area contributed by atoms with Crippen LogP contribution >= 0.6 is 0 Å². The maximum atomic E-state index is 4.22. The largest absolute Gasteiger partial charge is 0.151 e. The Kier molecular flexibility index (Phi) is 4.65. The van der Waals surface area contributed by atoms with Gasteiger partial charge >= 0.3 is 0 Å². The lowest BCUT2D eigenvalue weighted by Gasteiger charge is -1.99. The van der Waals surface area contributed by atoms with E-state index in [4.69, 9.17) is 0 Å². The van der Waals surface area contributed by atoms with E-state index < -0.39 is 0 Å². The predicted octanol–water partition coefficient (Wildman–Crippen LogP) is 5.44. The van der Waals surface area contributed by atoms with Crippen molar-refractivity contribution in [1.29, 1.82) is 0 Å². The molecule has 0 saturated heterocycles. The molecule has 0 aliphatic rings. The number of hydrogen-bond donors (Lipinski definition) is 0. The molecule has 0 amide bonds. The van der Waals surface area contributed by atoms with Crippen LogP contribution in [0.25, 0.3) is 0 Å². The Hall–Kier alpha value is -1.96. The summed E-state index contributed by atoms with van der Waals surface area (Å²) in [6, 6.07) is 18.1. The van der Waals surface area contributed by atoms with Gasteiger partial charge in [0.1, 0.15) is 0 Å². The summed E-state index contributed by atoms with van der Waals surface area (Å²) in [4.78, 5) is 0. The van der Waals surface area contributed by atoms with Gasteiger partial charge in [-0.15, -0.1) is 0 Å². The van der Waals surface area contributed by atoms with E-state index in [1.807, 2.05) is 42.5 Å². The fraction of sp³-hybridized carbons (Fsp3) is 0.250. The number of rotatable bonds is 5. The van der Waals surface area contributed by atoms with E-state index in [0.29, 0.717) is 0 Å². The van der Waals surface area contributed by atoms with E-state index >= 15 is 0 Å². The molecule has 0 radical (unpaired) electrons. The second-order valence-electron chi connectivity index (χ2n) is 4.31. The van der Waals surface area contributed by atoms with Gasteiger partial charge in [-0.2, -0.15) is 10.2 Å². The number of nitrogens with zero attached hydrogens (tertiary/aromatic N) is 2. The zero-order chi connectivity index (χ0) is 12.6. The normalized spacial score (nSPS) is 10.9. The molecule has 0 N–H and O–H groups in total. The van der Waals surface area contributed by atoms with Crippen LogP contribution in [0.5, 0.6) is 0 Å². The minimum absolute atomic E-state index is 0.882. The lowest BCUT2D eigenvalue weighted by atomic mass is 10.1. The lowest BCUT2D eigenvalue weighted by molar-refractivity contribution is 0.795. The van der Waals surface area contributed by atoms with Gasteiger partial charge in [-0.3, -0.25) is 0 Å². The Labute approximate surface area is 108 Å². The first-order chi connectivity index (χ1) is 8.88. The van der Waals surface area contributed by atoms with Gasteiger partial charge in [-0.05, 0) is 42.7 Å². The van der Waals surface area contributed by atoms with Crippen molar-refractivity contribution in [3.8, 4) is 0 Å². The van der Waals surface area contributed by atoms with Crippen molar-refractivity contribution < 1.29 is 0 Å². The van der Waals surface area contributed by atoms with Crippen LogP contribution in [0, 0.1) is 0 Å². The zero-order valence-corrected chi connectivity index (χ0v) is 10.7. The van der Waals surface area contributed by atoms with Crippen LogP contribution < -0.4 is 0 Å². The van der Waals surface area contributed by atoms with Gasteiger partial charge in [0.05, 0.1) is 11.4 Å². The van der Waals surface area contributed by atoms with Crippen LogP contribution in [0.1, 0.15) is 25.3 Å². The average molecular weight is 238 g/mol. The summed E-state index contributed by atoms with van der Waals surface area (Å²) in [6.07, 6.45) is 3.62. The predicted molar refractivity (Wildman–Crippen MR) is 75.7 cm³/mol. The molecule has 0 bridgehead atoms. The zero-order valence-electron chi connectivity index (χ0n) is 10.7. The van der Waals surface area contributed by atoms with Gasteiger partial charge < -0.3 is 0 Å². The van der Waals surface area contributed by atoms with E-state index in [2.05, 4.69) is 29.3 Å². The van der Waals surface area contributed by atoms with Crippen molar-refractivity contribution >= 4 is 11.4 Å². The molecule has 2 nitrogen and oxygen atoms in total. The molecular weight excluding hydrogens is 220 g/mol. The second kappa shape index (κ2) is 6.70. The van der Waals surface area contributed by atoms with E-state index in [9.17, 15) is 0 Å². The summed E-state index contributed by atoms with van der Waals surface area (Å²) in [5.74, 6) is 0. The highest BCUT2D eigenvalue weighted by molar-refractivity contribution is 5.40. The van der Waals surface area contributed by atoms with Gasteiger partial charge in [0.15, 0.2) is 0 Å². The van der Waals surface area contributed by atoms with Gasteiger partial charge in [0.2, 0.25) is 0 Å². The molecule has 2 aromatic carbocycles. The summed E-state index contributed by atoms with van der Waals surface area (Å²) >= 11 is 0. The third-order valence-electron chi connectivity index (χ3n) is 2.79. The van der Waals surface area contributed by atoms with Crippen LogP contribution in [0.15, 0.2) is 64.8 Å². The first-order valence-corrected chi connectivity index (χ1v) is 6.44. The first kappa shape index (κ1) is 12.5. The molecule has 0 aliphatic carbocycles. The van der Waals surface area contributed by atoms with Gasteiger partial charge in [0.25, 0.3) is 0 Å². The number of unbranched alkanes of at least 4 members (excludes halogenated alkanes) is 1. The van der Waals surface area contributed by atoms with Gasteiger partial charge in [-0.1, -0.05) is 43.7 Å². The molecule has 2 heteroatoms. The summed E-state index contributed by atoms with van der Waals surface area (Å²) in [6.45, 7) is 2.21. The highest BCUT2D eigenvalue weighted by atomic mass is 15.1. The monoisotopic (exact) mass is 238 g/mol. The summed E-state index contributed by atoms with van der Waals surface area (Å²) in [5, 5.41) is 8.42. The summed E-state index contributed by atoms with van der Waals surface area (Å²) in [7, 11) is 0.